The van der Waals surface area contributed by atoms with Crippen molar-refractivity contribution in [2.45, 2.75) is 71.6 Å². The molecule has 2 atom stereocenters. The molecule has 128 valence electrons. The first-order valence-electron chi connectivity index (χ1n) is 8.22. The third kappa shape index (κ3) is 7.11. The van der Waals surface area contributed by atoms with Crippen LogP contribution in [0.15, 0.2) is 0 Å². The fourth-order valence-electron chi connectivity index (χ4n) is 2.26. The summed E-state index contributed by atoms with van der Waals surface area (Å²) in [6, 6.07) is 0.463. The molecule has 0 bridgehead atoms. The Balaban J connectivity index is 2.22. The zero-order valence-corrected chi connectivity index (χ0v) is 14.6. The lowest BCUT2D eigenvalue weighted by Crippen LogP contribution is -2.39. The third-order valence-electron chi connectivity index (χ3n) is 3.64. The number of hydrogen-bond donors (Lipinski definition) is 2. The highest BCUT2D eigenvalue weighted by molar-refractivity contribution is 5.76. The van der Waals surface area contributed by atoms with Gasteiger partial charge in [0.15, 0.2) is 0 Å². The van der Waals surface area contributed by atoms with E-state index in [0.29, 0.717) is 26.1 Å². The van der Waals surface area contributed by atoms with Gasteiger partial charge < -0.3 is 20.3 Å². The van der Waals surface area contributed by atoms with Gasteiger partial charge in [0.25, 0.3) is 0 Å². The van der Waals surface area contributed by atoms with Crippen LogP contribution in [0.25, 0.3) is 0 Å². The molecule has 0 aliphatic carbocycles. The van der Waals surface area contributed by atoms with Crippen molar-refractivity contribution in [1.29, 1.82) is 0 Å². The van der Waals surface area contributed by atoms with Gasteiger partial charge in [-0.1, -0.05) is 6.92 Å². The fourth-order valence-corrected chi connectivity index (χ4v) is 2.26. The van der Waals surface area contributed by atoms with Gasteiger partial charge in [-0.3, -0.25) is 4.79 Å². The molecule has 1 fully saturated rings. The minimum absolute atomic E-state index is 0.0730. The van der Waals surface area contributed by atoms with E-state index in [9.17, 15) is 9.59 Å². The highest BCUT2D eigenvalue weighted by Gasteiger charge is 2.29. The number of likely N-dealkylation sites (tertiary alicyclic amines) is 1. The maximum atomic E-state index is 12.0. The molecule has 2 unspecified atom stereocenters. The summed E-state index contributed by atoms with van der Waals surface area (Å²) in [5.41, 5.74) is -0.462. The van der Waals surface area contributed by atoms with Crippen LogP contribution >= 0.6 is 0 Å². The van der Waals surface area contributed by atoms with Gasteiger partial charge in [-0.15, -0.1) is 0 Å². The van der Waals surface area contributed by atoms with Gasteiger partial charge >= 0.3 is 6.09 Å². The van der Waals surface area contributed by atoms with E-state index < -0.39 is 5.60 Å². The average molecular weight is 313 g/mol. The Labute approximate surface area is 134 Å². The zero-order valence-electron chi connectivity index (χ0n) is 14.6. The lowest BCUT2D eigenvalue weighted by Gasteiger charge is -2.24. The summed E-state index contributed by atoms with van der Waals surface area (Å²) in [7, 11) is 0. The normalized spacial score (nSPS) is 19.9. The molecule has 1 aliphatic heterocycles. The van der Waals surface area contributed by atoms with E-state index in [0.717, 1.165) is 12.8 Å². The van der Waals surface area contributed by atoms with Gasteiger partial charge in [0.05, 0.1) is 0 Å². The van der Waals surface area contributed by atoms with Gasteiger partial charge in [-0.25, -0.2) is 4.79 Å². The highest BCUT2D eigenvalue weighted by Crippen LogP contribution is 2.15. The number of nitrogens with one attached hydrogen (secondary N) is 2. The summed E-state index contributed by atoms with van der Waals surface area (Å²) < 4.78 is 5.36. The van der Waals surface area contributed by atoms with Crippen LogP contribution in [0, 0.1) is 0 Å². The molecule has 22 heavy (non-hydrogen) atoms. The van der Waals surface area contributed by atoms with Crippen LogP contribution in [0.5, 0.6) is 0 Å². The van der Waals surface area contributed by atoms with Crippen molar-refractivity contribution in [1.82, 2.24) is 15.5 Å². The van der Waals surface area contributed by atoms with Crippen LogP contribution in [-0.2, 0) is 9.53 Å². The molecule has 6 heteroatoms. The van der Waals surface area contributed by atoms with E-state index in [4.69, 9.17) is 4.74 Å². The number of ether oxygens (including phenoxy) is 1. The first-order chi connectivity index (χ1) is 10.2. The summed E-state index contributed by atoms with van der Waals surface area (Å²) in [6.45, 7) is 11.6. The standard InChI is InChI=1S/C16H31N3O3/c1-6-12(2)18-14(20)7-9-17-13-8-10-19(11-13)15(21)22-16(3,4)5/h12-13,17H,6-11H2,1-5H3,(H,18,20). The average Bonchev–Trinajstić information content (AvgIpc) is 2.85. The number of carbonyl (C=O) groups is 2. The van der Waals surface area contributed by atoms with Crippen LogP contribution in [0.1, 0.15) is 53.9 Å². The maximum Gasteiger partial charge on any atom is 0.410 e. The molecule has 1 aliphatic rings. The van der Waals surface area contributed by atoms with Gasteiger partial charge in [-0.2, -0.15) is 0 Å². The van der Waals surface area contributed by atoms with Crippen LogP contribution < -0.4 is 10.6 Å². The van der Waals surface area contributed by atoms with E-state index in [1.807, 2.05) is 34.6 Å². The zero-order chi connectivity index (χ0) is 16.8. The van der Waals surface area contributed by atoms with Gasteiger partial charge in [0, 0.05) is 38.1 Å². The van der Waals surface area contributed by atoms with Crippen molar-refractivity contribution in [3.8, 4) is 0 Å². The van der Waals surface area contributed by atoms with Crippen LogP contribution in [0.2, 0.25) is 0 Å². The van der Waals surface area contributed by atoms with Gasteiger partial charge in [0.1, 0.15) is 5.60 Å². The molecule has 0 aromatic rings. The topological polar surface area (TPSA) is 70.7 Å². The molecule has 0 radical (unpaired) electrons. The molecule has 6 nitrogen and oxygen atoms in total. The first-order valence-corrected chi connectivity index (χ1v) is 8.22. The smallest absolute Gasteiger partial charge is 0.410 e. The third-order valence-corrected chi connectivity index (χ3v) is 3.64. The van der Waals surface area contributed by atoms with Crippen molar-refractivity contribution in [3.05, 3.63) is 0 Å². The van der Waals surface area contributed by atoms with Gasteiger partial charge in [0.2, 0.25) is 5.91 Å². The molecule has 0 spiro atoms. The molecule has 0 aromatic carbocycles. The van der Waals surface area contributed by atoms with E-state index in [-0.39, 0.29) is 24.1 Å². The van der Waals surface area contributed by atoms with E-state index in [2.05, 4.69) is 10.6 Å². The van der Waals surface area contributed by atoms with Crippen molar-refractivity contribution in [2.24, 2.45) is 0 Å². The quantitative estimate of drug-likeness (QED) is 0.785. The molecule has 0 aromatic heterocycles. The Hall–Kier alpha value is -1.30. The Morgan fingerprint density at radius 1 is 1.36 bits per heavy atom. The number of rotatable bonds is 6. The molecular weight excluding hydrogens is 282 g/mol. The van der Waals surface area contributed by atoms with E-state index >= 15 is 0 Å². The van der Waals surface area contributed by atoms with Crippen LogP contribution in [0.3, 0.4) is 0 Å². The van der Waals surface area contributed by atoms with Crippen molar-refractivity contribution >= 4 is 12.0 Å². The summed E-state index contributed by atoms with van der Waals surface area (Å²) in [6.07, 6.45) is 2.04. The lowest BCUT2D eigenvalue weighted by atomic mass is 10.2. The number of nitrogens with zero attached hydrogens (tertiary/aromatic N) is 1. The molecule has 2 N–H and O–H groups in total. The minimum atomic E-state index is -0.462. The predicted octanol–water partition coefficient (Wildman–Crippen LogP) is 1.89. The summed E-state index contributed by atoms with van der Waals surface area (Å²) in [4.78, 5) is 25.4. The summed E-state index contributed by atoms with van der Waals surface area (Å²) in [5.74, 6) is 0.0730. The maximum absolute atomic E-state index is 12.0. The predicted molar refractivity (Wildman–Crippen MR) is 86.7 cm³/mol. The largest absolute Gasteiger partial charge is 0.444 e. The molecule has 1 heterocycles. The number of amides is 2. The first kappa shape index (κ1) is 18.7. The second kappa shape index (κ2) is 8.36. The Morgan fingerprint density at radius 3 is 2.64 bits per heavy atom. The monoisotopic (exact) mass is 313 g/mol. The number of carbonyl (C=O) groups excluding carboxylic acids is 2. The molecule has 1 saturated heterocycles. The minimum Gasteiger partial charge on any atom is -0.444 e. The van der Waals surface area contributed by atoms with Crippen LogP contribution in [-0.4, -0.2) is 54.2 Å². The van der Waals surface area contributed by atoms with Crippen molar-refractivity contribution < 1.29 is 14.3 Å². The second-order valence-corrected chi connectivity index (χ2v) is 6.99. The SMILES string of the molecule is CCC(C)NC(=O)CCNC1CCN(C(=O)OC(C)(C)C)C1. The van der Waals surface area contributed by atoms with E-state index in [1.54, 1.807) is 4.90 Å². The highest BCUT2D eigenvalue weighted by atomic mass is 16.6. The fraction of sp³-hybridized carbons (Fsp3) is 0.875. The van der Waals surface area contributed by atoms with Crippen molar-refractivity contribution in [3.63, 3.8) is 0 Å². The lowest BCUT2D eigenvalue weighted by molar-refractivity contribution is -0.121. The Bertz CT molecular complexity index is 379. The molecule has 1 rings (SSSR count). The number of hydrogen-bond acceptors (Lipinski definition) is 4. The van der Waals surface area contributed by atoms with Crippen molar-refractivity contribution in [2.75, 3.05) is 19.6 Å². The van der Waals surface area contributed by atoms with Gasteiger partial charge in [-0.05, 0) is 40.5 Å². The summed E-state index contributed by atoms with van der Waals surface area (Å²) >= 11 is 0. The molecule has 2 amide bonds. The molecule has 0 saturated carbocycles. The van der Waals surface area contributed by atoms with Crippen LogP contribution in [0.4, 0.5) is 4.79 Å². The molecular formula is C16H31N3O3. The Morgan fingerprint density at radius 2 is 2.05 bits per heavy atom. The summed E-state index contributed by atoms with van der Waals surface area (Å²) in [5, 5.41) is 6.29. The van der Waals surface area contributed by atoms with E-state index in [1.165, 1.54) is 0 Å². The second-order valence-electron chi connectivity index (χ2n) is 6.99. The Kier molecular flexibility index (Phi) is 7.13.